The summed E-state index contributed by atoms with van der Waals surface area (Å²) < 4.78 is 24.5. The molecule has 1 saturated carbocycles. The molecule has 1 heterocycles. The first-order valence-corrected chi connectivity index (χ1v) is 9.67. The van der Waals surface area contributed by atoms with Crippen LogP contribution in [0.3, 0.4) is 0 Å². The summed E-state index contributed by atoms with van der Waals surface area (Å²) >= 11 is 7.16. The normalized spacial score (nSPS) is 16.4. The minimum Gasteiger partial charge on any atom is -0.350 e. The van der Waals surface area contributed by atoms with E-state index >= 15 is 0 Å². The second-order valence-corrected chi connectivity index (χ2v) is 9.10. The first kappa shape index (κ1) is 15.8. The number of sulfone groups is 1. The molecule has 1 aliphatic rings. The molecular formula is C13H18ClNO3S2. The Morgan fingerprint density at radius 3 is 2.65 bits per heavy atom. The van der Waals surface area contributed by atoms with Crippen molar-refractivity contribution < 1.29 is 13.2 Å². The molecule has 0 aromatic carbocycles. The number of hydrogen-bond acceptors (Lipinski definition) is 4. The van der Waals surface area contributed by atoms with Gasteiger partial charge in [0.05, 0.1) is 16.6 Å². The molecule has 0 bridgehead atoms. The predicted octanol–water partition coefficient (Wildman–Crippen LogP) is 2.62. The number of halogens is 1. The van der Waals surface area contributed by atoms with E-state index in [1.807, 2.05) is 6.07 Å². The van der Waals surface area contributed by atoms with Crippen molar-refractivity contribution in [1.82, 2.24) is 5.32 Å². The number of nitrogens with one attached hydrogen (secondary N) is 1. The van der Waals surface area contributed by atoms with E-state index in [2.05, 4.69) is 5.32 Å². The maximum Gasteiger partial charge on any atom is 0.235 e. The molecule has 2 rings (SSSR count). The van der Waals surface area contributed by atoms with Crippen LogP contribution in [0.15, 0.2) is 12.1 Å². The fourth-order valence-corrected chi connectivity index (χ4v) is 5.18. The maximum atomic E-state index is 11.9. The summed E-state index contributed by atoms with van der Waals surface area (Å²) in [7, 11) is -3.30. The van der Waals surface area contributed by atoms with Crippen molar-refractivity contribution in [3.8, 4) is 0 Å². The van der Waals surface area contributed by atoms with Crippen LogP contribution in [0.25, 0.3) is 0 Å². The summed E-state index contributed by atoms with van der Waals surface area (Å²) in [6, 6.07) is 3.57. The molecule has 20 heavy (non-hydrogen) atoms. The predicted molar refractivity (Wildman–Crippen MR) is 81.8 cm³/mol. The Morgan fingerprint density at radius 2 is 2.05 bits per heavy atom. The van der Waals surface area contributed by atoms with Crippen LogP contribution in [0.5, 0.6) is 0 Å². The number of rotatable bonds is 6. The van der Waals surface area contributed by atoms with Gasteiger partial charge in [0.2, 0.25) is 5.91 Å². The van der Waals surface area contributed by atoms with Gasteiger partial charge in [-0.05, 0) is 30.9 Å². The molecule has 7 heteroatoms. The Balaban J connectivity index is 1.77. The van der Waals surface area contributed by atoms with Gasteiger partial charge in [-0.3, -0.25) is 4.79 Å². The lowest BCUT2D eigenvalue weighted by Crippen LogP contribution is -2.31. The molecule has 112 valence electrons. The summed E-state index contributed by atoms with van der Waals surface area (Å²) in [5, 5.41) is 2.63. The second-order valence-electron chi connectivity index (χ2n) is 5.19. The Hall–Kier alpha value is -0.590. The third kappa shape index (κ3) is 5.07. The third-order valence-electron chi connectivity index (χ3n) is 3.40. The van der Waals surface area contributed by atoms with Gasteiger partial charge < -0.3 is 5.32 Å². The molecule has 1 aromatic heterocycles. The van der Waals surface area contributed by atoms with Crippen molar-refractivity contribution in [2.24, 2.45) is 5.92 Å². The van der Waals surface area contributed by atoms with Crippen molar-refractivity contribution in [1.29, 1.82) is 0 Å². The molecule has 0 saturated heterocycles. The van der Waals surface area contributed by atoms with Gasteiger partial charge in [-0.25, -0.2) is 8.42 Å². The quantitative estimate of drug-likeness (QED) is 0.869. The van der Waals surface area contributed by atoms with Gasteiger partial charge in [0, 0.05) is 4.88 Å². The smallest absolute Gasteiger partial charge is 0.235 e. The van der Waals surface area contributed by atoms with Crippen molar-refractivity contribution in [2.75, 3.05) is 11.5 Å². The van der Waals surface area contributed by atoms with Gasteiger partial charge in [-0.1, -0.05) is 24.4 Å². The zero-order valence-corrected chi connectivity index (χ0v) is 13.5. The highest BCUT2D eigenvalue weighted by Crippen LogP contribution is 2.26. The third-order valence-corrected chi connectivity index (χ3v) is 6.32. The molecule has 1 aromatic rings. The lowest BCUT2D eigenvalue weighted by Gasteiger charge is -2.09. The summed E-state index contributed by atoms with van der Waals surface area (Å²) in [5.41, 5.74) is 0. The summed E-state index contributed by atoms with van der Waals surface area (Å²) in [4.78, 5) is 12.6. The van der Waals surface area contributed by atoms with Crippen LogP contribution in [0.1, 0.15) is 30.6 Å². The Morgan fingerprint density at radius 1 is 1.35 bits per heavy atom. The van der Waals surface area contributed by atoms with Gasteiger partial charge in [0.1, 0.15) is 5.75 Å². The maximum absolute atomic E-state index is 11.9. The van der Waals surface area contributed by atoms with Gasteiger partial charge in [0.15, 0.2) is 9.84 Å². The van der Waals surface area contributed by atoms with E-state index in [-0.39, 0.29) is 11.7 Å². The Bertz CT molecular complexity index is 562. The number of carbonyl (C=O) groups excluding carboxylic acids is 1. The van der Waals surface area contributed by atoms with Crippen LogP contribution in [0, 0.1) is 5.92 Å². The first-order valence-electron chi connectivity index (χ1n) is 6.66. The number of hydrogen-bond donors (Lipinski definition) is 1. The highest BCUT2D eigenvalue weighted by Gasteiger charge is 2.24. The zero-order chi connectivity index (χ0) is 14.6. The van der Waals surface area contributed by atoms with E-state index in [0.717, 1.165) is 30.6 Å². The van der Waals surface area contributed by atoms with E-state index in [9.17, 15) is 13.2 Å². The van der Waals surface area contributed by atoms with Crippen molar-refractivity contribution in [3.63, 3.8) is 0 Å². The van der Waals surface area contributed by atoms with Crippen LogP contribution in [-0.4, -0.2) is 25.8 Å². The second kappa shape index (κ2) is 6.91. The zero-order valence-electron chi connectivity index (χ0n) is 11.1. The minimum absolute atomic E-state index is 0.144. The lowest BCUT2D eigenvalue weighted by molar-refractivity contribution is -0.118. The van der Waals surface area contributed by atoms with E-state index < -0.39 is 21.5 Å². The largest absolute Gasteiger partial charge is 0.350 e. The SMILES string of the molecule is O=C(CS(=O)(=O)CC1CCCC1)NCc1ccc(Cl)s1. The number of thiophene rings is 1. The minimum atomic E-state index is -3.30. The fourth-order valence-electron chi connectivity index (χ4n) is 2.48. The van der Waals surface area contributed by atoms with Gasteiger partial charge in [0.25, 0.3) is 0 Å². The lowest BCUT2D eigenvalue weighted by atomic mass is 10.1. The molecule has 0 atom stereocenters. The van der Waals surface area contributed by atoms with Gasteiger partial charge in [-0.15, -0.1) is 11.3 Å². The Kier molecular flexibility index (Phi) is 5.46. The molecule has 0 aliphatic heterocycles. The van der Waals surface area contributed by atoms with Crippen LogP contribution in [0.2, 0.25) is 4.34 Å². The van der Waals surface area contributed by atoms with Crippen LogP contribution in [0.4, 0.5) is 0 Å². The van der Waals surface area contributed by atoms with E-state index in [1.54, 1.807) is 6.07 Å². The molecule has 1 amide bonds. The molecule has 0 spiro atoms. The fraction of sp³-hybridized carbons (Fsp3) is 0.615. The van der Waals surface area contributed by atoms with Crippen molar-refractivity contribution >= 4 is 38.7 Å². The van der Waals surface area contributed by atoms with Crippen LogP contribution < -0.4 is 5.32 Å². The molecule has 1 aliphatic carbocycles. The molecule has 1 fully saturated rings. The molecule has 0 radical (unpaired) electrons. The standard InChI is InChI=1S/C13H18ClNO3S2/c14-12-6-5-11(19-12)7-15-13(16)9-20(17,18)8-10-3-1-2-4-10/h5-6,10H,1-4,7-9H2,(H,15,16). The number of carbonyl (C=O) groups is 1. The van der Waals surface area contributed by atoms with Gasteiger partial charge in [-0.2, -0.15) is 0 Å². The van der Waals surface area contributed by atoms with Crippen molar-refractivity contribution in [3.05, 3.63) is 21.3 Å². The summed E-state index contributed by atoms with van der Waals surface area (Å²) in [5.74, 6) is -0.468. The van der Waals surface area contributed by atoms with E-state index in [4.69, 9.17) is 11.6 Å². The highest BCUT2D eigenvalue weighted by molar-refractivity contribution is 7.92. The summed E-state index contributed by atoms with van der Waals surface area (Å²) in [6.45, 7) is 0.329. The highest BCUT2D eigenvalue weighted by atomic mass is 35.5. The molecule has 1 N–H and O–H groups in total. The summed E-state index contributed by atoms with van der Waals surface area (Å²) in [6.07, 6.45) is 4.14. The number of amides is 1. The van der Waals surface area contributed by atoms with Gasteiger partial charge >= 0.3 is 0 Å². The molecule has 4 nitrogen and oxygen atoms in total. The topological polar surface area (TPSA) is 63.2 Å². The van der Waals surface area contributed by atoms with Crippen LogP contribution in [-0.2, 0) is 21.2 Å². The molecule has 0 unspecified atom stereocenters. The van der Waals surface area contributed by atoms with Crippen LogP contribution >= 0.6 is 22.9 Å². The molecular weight excluding hydrogens is 318 g/mol. The monoisotopic (exact) mass is 335 g/mol. The Labute approximate surface area is 128 Å². The van der Waals surface area contributed by atoms with Crippen molar-refractivity contribution in [2.45, 2.75) is 32.2 Å². The van der Waals surface area contributed by atoms with E-state index in [0.29, 0.717) is 10.9 Å². The van der Waals surface area contributed by atoms with E-state index in [1.165, 1.54) is 11.3 Å². The average molecular weight is 336 g/mol. The average Bonchev–Trinajstić information content (AvgIpc) is 2.97. The first-order chi connectivity index (χ1) is 9.44.